The monoisotopic (exact) mass is 244 g/mol. The molecule has 3 heteroatoms. The molecule has 0 heterocycles. The van der Waals surface area contributed by atoms with E-state index in [2.05, 4.69) is 13.8 Å². The smallest absolute Gasteiger partial charge is 0.329 e. The Kier molecular flexibility index (Phi) is 11.5. The molecule has 0 rings (SSSR count). The molecule has 1 atom stereocenters. The summed E-state index contributed by atoms with van der Waals surface area (Å²) in [5, 5.41) is 8.52. The van der Waals surface area contributed by atoms with E-state index in [1.54, 1.807) is 0 Å². The largest absolute Gasteiger partial charge is 0.480 e. The molecule has 0 aromatic heterocycles. The number of aliphatic carboxylic acids is 1. The highest BCUT2D eigenvalue weighted by Crippen LogP contribution is 2.17. The third-order valence-corrected chi connectivity index (χ3v) is 3.01. The summed E-state index contributed by atoms with van der Waals surface area (Å²) in [4.78, 5) is 10.4. The Hall–Kier alpha value is -0.570. The van der Waals surface area contributed by atoms with E-state index in [0.717, 1.165) is 0 Å². The SMILES string of the molecule is CCCCCCC(CCCC)COCC(=O)O. The van der Waals surface area contributed by atoms with Crippen molar-refractivity contribution in [2.45, 2.75) is 65.2 Å². The number of rotatable bonds is 12. The minimum atomic E-state index is -0.870. The summed E-state index contributed by atoms with van der Waals surface area (Å²) in [6.07, 6.45) is 9.86. The van der Waals surface area contributed by atoms with Crippen LogP contribution in [0.5, 0.6) is 0 Å². The number of carbonyl (C=O) groups is 1. The van der Waals surface area contributed by atoms with Gasteiger partial charge in [-0.05, 0) is 18.8 Å². The second-order valence-corrected chi connectivity index (χ2v) is 4.77. The van der Waals surface area contributed by atoms with Gasteiger partial charge in [0.15, 0.2) is 0 Å². The van der Waals surface area contributed by atoms with Gasteiger partial charge in [0.1, 0.15) is 6.61 Å². The number of hydrogen-bond acceptors (Lipinski definition) is 2. The van der Waals surface area contributed by atoms with Crippen molar-refractivity contribution in [2.24, 2.45) is 5.92 Å². The lowest BCUT2D eigenvalue weighted by Gasteiger charge is -2.16. The van der Waals surface area contributed by atoms with Gasteiger partial charge in [-0.2, -0.15) is 0 Å². The second kappa shape index (κ2) is 11.9. The molecule has 102 valence electrons. The topological polar surface area (TPSA) is 46.5 Å². The highest BCUT2D eigenvalue weighted by molar-refractivity contribution is 5.67. The summed E-state index contributed by atoms with van der Waals surface area (Å²) < 4.78 is 5.21. The minimum Gasteiger partial charge on any atom is -0.480 e. The minimum absolute atomic E-state index is 0.155. The Morgan fingerprint density at radius 1 is 1.06 bits per heavy atom. The maximum Gasteiger partial charge on any atom is 0.329 e. The summed E-state index contributed by atoms with van der Waals surface area (Å²) in [6.45, 7) is 4.85. The third kappa shape index (κ3) is 11.7. The Morgan fingerprint density at radius 2 is 1.71 bits per heavy atom. The predicted molar refractivity (Wildman–Crippen MR) is 70.2 cm³/mol. The zero-order valence-corrected chi connectivity index (χ0v) is 11.4. The molecule has 0 aliphatic rings. The first-order valence-electron chi connectivity index (χ1n) is 7.00. The van der Waals surface area contributed by atoms with Crippen molar-refractivity contribution in [2.75, 3.05) is 13.2 Å². The Morgan fingerprint density at radius 3 is 2.29 bits per heavy atom. The van der Waals surface area contributed by atoms with Gasteiger partial charge in [0.05, 0.1) is 6.61 Å². The summed E-state index contributed by atoms with van der Waals surface area (Å²) in [7, 11) is 0. The summed E-state index contributed by atoms with van der Waals surface area (Å²) in [6, 6.07) is 0. The highest BCUT2D eigenvalue weighted by Gasteiger charge is 2.09. The zero-order chi connectivity index (χ0) is 12.9. The zero-order valence-electron chi connectivity index (χ0n) is 11.4. The van der Waals surface area contributed by atoms with Gasteiger partial charge in [-0.3, -0.25) is 0 Å². The van der Waals surface area contributed by atoms with Crippen LogP contribution in [0.2, 0.25) is 0 Å². The maximum absolute atomic E-state index is 10.4. The molecule has 0 spiro atoms. The average molecular weight is 244 g/mol. The molecular weight excluding hydrogens is 216 g/mol. The van der Waals surface area contributed by atoms with Crippen molar-refractivity contribution >= 4 is 5.97 Å². The van der Waals surface area contributed by atoms with Crippen molar-refractivity contribution in [1.29, 1.82) is 0 Å². The van der Waals surface area contributed by atoms with Crippen LogP contribution < -0.4 is 0 Å². The fourth-order valence-corrected chi connectivity index (χ4v) is 1.98. The van der Waals surface area contributed by atoms with E-state index in [4.69, 9.17) is 9.84 Å². The molecule has 17 heavy (non-hydrogen) atoms. The molecule has 0 aromatic carbocycles. The lowest BCUT2D eigenvalue weighted by atomic mass is 9.96. The van der Waals surface area contributed by atoms with Gasteiger partial charge in [-0.1, -0.05) is 52.4 Å². The first-order valence-corrected chi connectivity index (χ1v) is 7.00. The van der Waals surface area contributed by atoms with Crippen LogP contribution >= 0.6 is 0 Å². The van der Waals surface area contributed by atoms with E-state index >= 15 is 0 Å². The fourth-order valence-electron chi connectivity index (χ4n) is 1.98. The standard InChI is InChI=1S/C14H28O3/c1-3-5-7-8-10-13(9-6-4-2)11-17-12-14(15)16/h13H,3-12H2,1-2H3,(H,15,16). The van der Waals surface area contributed by atoms with Crippen LogP contribution in [-0.2, 0) is 9.53 Å². The average Bonchev–Trinajstić information content (AvgIpc) is 2.30. The van der Waals surface area contributed by atoms with Crippen molar-refractivity contribution in [3.05, 3.63) is 0 Å². The molecule has 0 aliphatic carbocycles. The molecule has 0 radical (unpaired) electrons. The molecule has 0 aliphatic heterocycles. The molecule has 0 bridgehead atoms. The maximum atomic E-state index is 10.4. The van der Waals surface area contributed by atoms with E-state index in [1.807, 2.05) is 0 Å². The van der Waals surface area contributed by atoms with E-state index in [-0.39, 0.29) is 6.61 Å². The van der Waals surface area contributed by atoms with Gasteiger partial charge in [-0.15, -0.1) is 0 Å². The van der Waals surface area contributed by atoms with Gasteiger partial charge >= 0.3 is 5.97 Å². The van der Waals surface area contributed by atoms with Crippen LogP contribution in [0.4, 0.5) is 0 Å². The van der Waals surface area contributed by atoms with Gasteiger partial charge < -0.3 is 9.84 Å². The second-order valence-electron chi connectivity index (χ2n) is 4.77. The molecule has 1 N–H and O–H groups in total. The Labute approximate surface area is 106 Å². The predicted octanol–water partition coefficient (Wildman–Crippen LogP) is 3.86. The first-order chi connectivity index (χ1) is 8.20. The van der Waals surface area contributed by atoms with Crippen LogP contribution in [-0.4, -0.2) is 24.3 Å². The summed E-state index contributed by atoms with van der Waals surface area (Å²) in [5.74, 6) is -0.323. The number of ether oxygens (including phenoxy) is 1. The van der Waals surface area contributed by atoms with Crippen LogP contribution in [0.15, 0.2) is 0 Å². The van der Waals surface area contributed by atoms with Gasteiger partial charge in [0.2, 0.25) is 0 Å². The van der Waals surface area contributed by atoms with E-state index in [1.165, 1.54) is 51.4 Å². The quantitative estimate of drug-likeness (QED) is 0.530. The van der Waals surface area contributed by atoms with E-state index < -0.39 is 5.97 Å². The van der Waals surface area contributed by atoms with Crippen molar-refractivity contribution in [1.82, 2.24) is 0 Å². The third-order valence-electron chi connectivity index (χ3n) is 3.01. The lowest BCUT2D eigenvalue weighted by molar-refractivity contribution is -0.142. The highest BCUT2D eigenvalue weighted by atomic mass is 16.5. The molecule has 3 nitrogen and oxygen atoms in total. The lowest BCUT2D eigenvalue weighted by Crippen LogP contribution is -2.14. The normalized spacial score (nSPS) is 12.6. The summed E-state index contributed by atoms with van der Waals surface area (Å²) >= 11 is 0. The van der Waals surface area contributed by atoms with Crippen LogP contribution in [0, 0.1) is 5.92 Å². The Balaban J connectivity index is 3.67. The van der Waals surface area contributed by atoms with E-state index in [9.17, 15) is 4.79 Å². The molecule has 0 saturated carbocycles. The van der Waals surface area contributed by atoms with Crippen molar-refractivity contribution in [3.8, 4) is 0 Å². The van der Waals surface area contributed by atoms with Gasteiger partial charge in [0, 0.05) is 0 Å². The van der Waals surface area contributed by atoms with Gasteiger partial charge in [-0.25, -0.2) is 4.79 Å². The molecule has 0 amide bonds. The van der Waals surface area contributed by atoms with Crippen LogP contribution in [0.3, 0.4) is 0 Å². The number of unbranched alkanes of at least 4 members (excludes halogenated alkanes) is 4. The molecule has 1 unspecified atom stereocenters. The number of hydrogen-bond donors (Lipinski definition) is 1. The molecule has 0 fully saturated rings. The summed E-state index contributed by atoms with van der Waals surface area (Å²) in [5.41, 5.74) is 0. The molecule has 0 aromatic rings. The van der Waals surface area contributed by atoms with Gasteiger partial charge in [0.25, 0.3) is 0 Å². The van der Waals surface area contributed by atoms with Crippen molar-refractivity contribution in [3.63, 3.8) is 0 Å². The number of carboxylic acid groups (broad SMARTS) is 1. The number of carboxylic acids is 1. The van der Waals surface area contributed by atoms with Crippen molar-refractivity contribution < 1.29 is 14.6 Å². The van der Waals surface area contributed by atoms with E-state index in [0.29, 0.717) is 12.5 Å². The molecule has 0 saturated heterocycles. The first kappa shape index (κ1) is 16.4. The molecular formula is C14H28O3. The van der Waals surface area contributed by atoms with Crippen LogP contribution in [0.25, 0.3) is 0 Å². The Bertz CT molecular complexity index is 180. The fraction of sp³-hybridized carbons (Fsp3) is 0.929. The van der Waals surface area contributed by atoms with Crippen LogP contribution in [0.1, 0.15) is 65.2 Å².